The quantitative estimate of drug-likeness (QED) is 0.793. The van der Waals surface area contributed by atoms with Crippen LogP contribution < -0.4 is 10.0 Å². The molecule has 0 aliphatic carbocycles. The number of nitrogens with zero attached hydrogens (tertiary/aromatic N) is 1. The molecule has 0 aromatic heterocycles. The second-order valence-corrected chi connectivity index (χ2v) is 8.41. The van der Waals surface area contributed by atoms with E-state index in [4.69, 9.17) is 11.6 Å². The molecule has 0 unspecified atom stereocenters. The average Bonchev–Trinajstić information content (AvgIpc) is 2.55. The smallest absolute Gasteiger partial charge is 0.255 e. The molecule has 0 bridgehead atoms. The van der Waals surface area contributed by atoms with Crippen molar-refractivity contribution >= 4 is 44.8 Å². The summed E-state index contributed by atoms with van der Waals surface area (Å²) in [5.74, 6) is -0.679. The van der Waals surface area contributed by atoms with Crippen LogP contribution in [0.1, 0.15) is 26.3 Å². The van der Waals surface area contributed by atoms with Crippen molar-refractivity contribution in [2.24, 2.45) is 0 Å². The predicted octanol–water partition coefficient (Wildman–Crippen LogP) is 2.97. The van der Waals surface area contributed by atoms with E-state index in [1.54, 1.807) is 39.2 Å². The highest BCUT2D eigenvalue weighted by molar-refractivity contribution is 7.92. The molecule has 2 N–H and O–H groups in total. The lowest BCUT2D eigenvalue weighted by molar-refractivity contribution is 0.0827. The topological polar surface area (TPSA) is 95.6 Å². The zero-order valence-electron chi connectivity index (χ0n) is 15.3. The second-order valence-electron chi connectivity index (χ2n) is 6.25. The molecule has 2 aromatic rings. The third-order valence-corrected chi connectivity index (χ3v) is 4.56. The van der Waals surface area contributed by atoms with Gasteiger partial charge in [0.2, 0.25) is 10.0 Å². The van der Waals surface area contributed by atoms with Crippen LogP contribution in [-0.2, 0) is 10.0 Å². The number of benzene rings is 2. The van der Waals surface area contributed by atoms with Gasteiger partial charge in [-0.2, -0.15) is 0 Å². The molecule has 0 radical (unpaired) electrons. The monoisotopic (exact) mass is 409 g/mol. The van der Waals surface area contributed by atoms with Crippen LogP contribution in [0.25, 0.3) is 0 Å². The van der Waals surface area contributed by atoms with Gasteiger partial charge in [-0.15, -0.1) is 0 Å². The molecule has 0 aliphatic heterocycles. The van der Waals surface area contributed by atoms with E-state index in [9.17, 15) is 18.0 Å². The highest BCUT2D eigenvalue weighted by Crippen LogP contribution is 2.23. The molecular weight excluding hydrogens is 390 g/mol. The van der Waals surface area contributed by atoms with E-state index in [1.807, 2.05) is 0 Å². The maximum atomic E-state index is 12.5. The Morgan fingerprint density at radius 1 is 1.07 bits per heavy atom. The number of anilines is 2. The lowest BCUT2D eigenvalue weighted by Crippen LogP contribution is -2.22. The number of halogens is 1. The van der Waals surface area contributed by atoms with Crippen LogP contribution in [0, 0.1) is 6.92 Å². The first-order chi connectivity index (χ1) is 12.5. The lowest BCUT2D eigenvalue weighted by atomic mass is 10.1. The van der Waals surface area contributed by atoms with Crippen molar-refractivity contribution in [3.8, 4) is 0 Å². The molecule has 0 aliphatic rings. The fraction of sp³-hybridized carbons (Fsp3) is 0.222. The molecule has 2 aromatic carbocycles. The number of nitrogens with one attached hydrogen (secondary N) is 2. The normalized spacial score (nSPS) is 11.0. The Kier molecular flexibility index (Phi) is 6.12. The third-order valence-electron chi connectivity index (χ3n) is 3.66. The van der Waals surface area contributed by atoms with Crippen molar-refractivity contribution in [3.63, 3.8) is 0 Å². The third kappa shape index (κ3) is 5.45. The second kappa shape index (κ2) is 7.98. The SMILES string of the molecule is Cc1ccc(C(=O)Nc2ccc(C(=O)N(C)C)c(Cl)c2)cc1NS(C)(=O)=O. The van der Waals surface area contributed by atoms with E-state index >= 15 is 0 Å². The van der Waals surface area contributed by atoms with Gasteiger partial charge in [0, 0.05) is 25.3 Å². The minimum atomic E-state index is -3.46. The summed E-state index contributed by atoms with van der Waals surface area (Å²) in [6.07, 6.45) is 1.04. The summed E-state index contributed by atoms with van der Waals surface area (Å²) in [6, 6.07) is 9.28. The molecule has 0 atom stereocenters. The minimum Gasteiger partial charge on any atom is -0.345 e. The van der Waals surface area contributed by atoms with Gasteiger partial charge in [0.05, 0.1) is 22.5 Å². The molecule has 27 heavy (non-hydrogen) atoms. The van der Waals surface area contributed by atoms with E-state index in [0.29, 0.717) is 22.5 Å². The van der Waals surface area contributed by atoms with Gasteiger partial charge in [0.1, 0.15) is 0 Å². The Balaban J connectivity index is 2.24. The van der Waals surface area contributed by atoms with E-state index < -0.39 is 15.9 Å². The highest BCUT2D eigenvalue weighted by Gasteiger charge is 2.15. The Morgan fingerprint density at radius 2 is 1.74 bits per heavy atom. The van der Waals surface area contributed by atoms with E-state index in [0.717, 1.165) is 6.26 Å². The molecule has 7 nitrogen and oxygen atoms in total. The van der Waals surface area contributed by atoms with Gasteiger partial charge in [-0.25, -0.2) is 8.42 Å². The first-order valence-electron chi connectivity index (χ1n) is 7.89. The molecule has 0 saturated heterocycles. The van der Waals surface area contributed by atoms with Gasteiger partial charge in [-0.1, -0.05) is 17.7 Å². The summed E-state index contributed by atoms with van der Waals surface area (Å²) in [6.45, 7) is 1.73. The number of sulfonamides is 1. The summed E-state index contributed by atoms with van der Waals surface area (Å²) < 4.78 is 25.3. The van der Waals surface area contributed by atoms with E-state index in [2.05, 4.69) is 10.0 Å². The van der Waals surface area contributed by atoms with Crippen LogP contribution in [0.5, 0.6) is 0 Å². The predicted molar refractivity (Wildman–Crippen MR) is 107 cm³/mol. The van der Waals surface area contributed by atoms with Crippen molar-refractivity contribution in [2.45, 2.75) is 6.92 Å². The van der Waals surface area contributed by atoms with Crippen molar-refractivity contribution in [1.82, 2.24) is 4.90 Å². The zero-order valence-corrected chi connectivity index (χ0v) is 16.9. The van der Waals surface area contributed by atoms with Gasteiger partial charge < -0.3 is 10.2 Å². The van der Waals surface area contributed by atoms with Gasteiger partial charge in [0.15, 0.2) is 0 Å². The largest absolute Gasteiger partial charge is 0.345 e. The van der Waals surface area contributed by atoms with E-state index in [1.165, 1.54) is 23.1 Å². The van der Waals surface area contributed by atoms with Gasteiger partial charge in [-0.3, -0.25) is 14.3 Å². The number of aryl methyl sites for hydroxylation is 1. The van der Waals surface area contributed by atoms with Crippen LogP contribution in [0.3, 0.4) is 0 Å². The van der Waals surface area contributed by atoms with Crippen LogP contribution in [0.4, 0.5) is 11.4 Å². The van der Waals surface area contributed by atoms with Gasteiger partial charge in [0.25, 0.3) is 11.8 Å². The Labute approximate surface area is 163 Å². The van der Waals surface area contributed by atoms with Crippen LogP contribution >= 0.6 is 11.6 Å². The molecule has 2 amide bonds. The average molecular weight is 410 g/mol. The molecule has 0 spiro atoms. The molecule has 0 fully saturated rings. The number of rotatable bonds is 5. The maximum absolute atomic E-state index is 12.5. The Hall–Kier alpha value is -2.58. The van der Waals surface area contributed by atoms with Gasteiger partial charge in [-0.05, 0) is 42.8 Å². The van der Waals surface area contributed by atoms with Crippen molar-refractivity contribution in [2.75, 3.05) is 30.4 Å². The Morgan fingerprint density at radius 3 is 2.30 bits per heavy atom. The van der Waals surface area contributed by atoms with Crippen LogP contribution in [0.15, 0.2) is 36.4 Å². The van der Waals surface area contributed by atoms with Crippen LogP contribution in [0.2, 0.25) is 5.02 Å². The fourth-order valence-corrected chi connectivity index (χ4v) is 3.16. The molecule has 9 heteroatoms. The van der Waals surface area contributed by atoms with Crippen LogP contribution in [-0.4, -0.2) is 45.5 Å². The first-order valence-corrected chi connectivity index (χ1v) is 10.2. The summed E-state index contributed by atoms with van der Waals surface area (Å²) in [7, 11) is -0.224. The highest BCUT2D eigenvalue weighted by atomic mass is 35.5. The molecule has 0 heterocycles. The van der Waals surface area contributed by atoms with E-state index in [-0.39, 0.29) is 16.5 Å². The molecular formula is C18H20ClN3O4S. The fourth-order valence-electron chi connectivity index (χ4n) is 2.28. The lowest BCUT2D eigenvalue weighted by Gasteiger charge is -2.13. The van der Waals surface area contributed by atoms with Gasteiger partial charge >= 0.3 is 0 Å². The summed E-state index contributed by atoms with van der Waals surface area (Å²) in [4.78, 5) is 25.9. The molecule has 2 rings (SSSR count). The zero-order chi connectivity index (χ0) is 20.4. The molecule has 0 saturated carbocycles. The standard InChI is InChI=1S/C18H20ClN3O4S/c1-11-5-6-12(9-16(11)21-27(4,25)26)17(23)20-13-7-8-14(15(19)10-13)18(24)22(2)3/h5-10,21H,1-4H3,(H,20,23). The number of carbonyl (C=O) groups is 2. The summed E-state index contributed by atoms with van der Waals surface area (Å²) >= 11 is 6.14. The molecule has 144 valence electrons. The maximum Gasteiger partial charge on any atom is 0.255 e. The number of hydrogen-bond donors (Lipinski definition) is 2. The minimum absolute atomic E-state index is 0.217. The van der Waals surface area contributed by atoms with Crippen molar-refractivity contribution < 1.29 is 18.0 Å². The summed E-state index contributed by atoms with van der Waals surface area (Å²) in [5, 5.41) is 2.90. The first kappa shape index (κ1) is 20.7. The summed E-state index contributed by atoms with van der Waals surface area (Å²) in [5.41, 5.74) is 2.03. The van der Waals surface area contributed by atoms with Crippen molar-refractivity contribution in [3.05, 3.63) is 58.1 Å². The number of carbonyl (C=O) groups excluding carboxylic acids is 2. The van der Waals surface area contributed by atoms with Crippen molar-refractivity contribution in [1.29, 1.82) is 0 Å². The Bertz CT molecular complexity index is 1000. The number of amides is 2. The number of hydrogen-bond acceptors (Lipinski definition) is 4.